The van der Waals surface area contributed by atoms with Gasteiger partial charge in [0.15, 0.2) is 11.8 Å². The number of carbonyl (C=O) groups is 3. The van der Waals surface area contributed by atoms with Crippen molar-refractivity contribution in [1.82, 2.24) is 0 Å². The minimum atomic E-state index is -0.447. The molecule has 2 heterocycles. The number of carbonyl (C=O) groups excluding carboxylic acids is 3. The Kier molecular flexibility index (Phi) is 4.43. The van der Waals surface area contributed by atoms with E-state index in [0.29, 0.717) is 17.9 Å². The Hall–Kier alpha value is -2.93. The molecule has 0 unspecified atom stereocenters. The van der Waals surface area contributed by atoms with Gasteiger partial charge in [-0.1, -0.05) is 0 Å². The van der Waals surface area contributed by atoms with Crippen LogP contribution in [0.3, 0.4) is 0 Å². The second-order valence-electron chi connectivity index (χ2n) is 5.63. The zero-order valence-electron chi connectivity index (χ0n) is 13.2. The van der Waals surface area contributed by atoms with Gasteiger partial charge in [0.05, 0.1) is 18.4 Å². The van der Waals surface area contributed by atoms with Crippen LogP contribution in [-0.2, 0) is 20.9 Å². The summed E-state index contributed by atoms with van der Waals surface area (Å²) in [6.45, 7) is 1.92. The molecule has 1 fully saturated rings. The highest BCUT2D eigenvalue weighted by Gasteiger charge is 2.42. The number of hydrogen-bond donors (Lipinski definition) is 2. The lowest BCUT2D eigenvalue weighted by Crippen LogP contribution is -2.90. The third kappa shape index (κ3) is 3.36. The number of anilines is 2. The number of furan rings is 1. The summed E-state index contributed by atoms with van der Waals surface area (Å²) < 4.78 is 5.24. The molecule has 0 bridgehead atoms. The van der Waals surface area contributed by atoms with Crippen LogP contribution in [0.4, 0.5) is 11.4 Å². The second kappa shape index (κ2) is 6.67. The number of nitrogens with zero attached hydrogens (tertiary/aromatic N) is 1. The minimum Gasteiger partial charge on any atom is -0.463 e. The predicted molar refractivity (Wildman–Crippen MR) is 86.0 cm³/mol. The van der Waals surface area contributed by atoms with Crippen LogP contribution in [-0.4, -0.2) is 23.8 Å². The first-order valence-electron chi connectivity index (χ1n) is 7.65. The average Bonchev–Trinajstić information content (AvgIpc) is 3.14. The predicted octanol–water partition coefficient (Wildman–Crippen LogP) is 0.634. The molecule has 1 aliphatic rings. The van der Waals surface area contributed by atoms with Crippen molar-refractivity contribution in [1.29, 1.82) is 0 Å². The van der Waals surface area contributed by atoms with Crippen molar-refractivity contribution in [2.24, 2.45) is 0 Å². The summed E-state index contributed by atoms with van der Waals surface area (Å²) in [6.07, 6.45) is 1.74. The van der Waals surface area contributed by atoms with Crippen molar-refractivity contribution in [2.45, 2.75) is 25.9 Å². The Morgan fingerprint density at radius 2 is 2.04 bits per heavy atom. The van der Waals surface area contributed by atoms with Crippen LogP contribution in [0.2, 0.25) is 0 Å². The van der Waals surface area contributed by atoms with E-state index in [-0.39, 0.29) is 24.1 Å². The lowest BCUT2D eigenvalue weighted by Gasteiger charge is -2.14. The van der Waals surface area contributed by atoms with Crippen LogP contribution in [0.1, 0.15) is 19.1 Å². The molecule has 0 radical (unpaired) electrons. The van der Waals surface area contributed by atoms with Gasteiger partial charge >= 0.3 is 0 Å². The molecular weight excluding hydrogens is 310 g/mol. The van der Waals surface area contributed by atoms with E-state index in [1.807, 2.05) is 11.4 Å². The number of amides is 3. The van der Waals surface area contributed by atoms with E-state index >= 15 is 0 Å². The van der Waals surface area contributed by atoms with Crippen molar-refractivity contribution >= 4 is 29.1 Å². The van der Waals surface area contributed by atoms with Crippen molar-refractivity contribution in [3.05, 3.63) is 48.4 Å². The number of quaternary nitrogens is 1. The molecule has 1 aromatic carbocycles. The highest BCUT2D eigenvalue weighted by Crippen LogP contribution is 2.23. The van der Waals surface area contributed by atoms with Gasteiger partial charge in [-0.2, -0.15) is 0 Å². The van der Waals surface area contributed by atoms with Gasteiger partial charge in [0.2, 0.25) is 11.8 Å². The molecule has 3 N–H and O–H groups in total. The topological polar surface area (TPSA) is 96.2 Å². The molecule has 7 heteroatoms. The monoisotopic (exact) mass is 328 g/mol. The van der Waals surface area contributed by atoms with Crippen LogP contribution >= 0.6 is 0 Å². The zero-order chi connectivity index (χ0) is 17.1. The van der Waals surface area contributed by atoms with Crippen LogP contribution in [0, 0.1) is 0 Å². The molecule has 3 amide bonds. The number of nitrogens with one attached hydrogen (secondary N) is 1. The number of nitrogens with two attached hydrogens (primary N) is 1. The number of rotatable bonds is 5. The molecular formula is C17H18N3O4+. The van der Waals surface area contributed by atoms with E-state index in [4.69, 9.17) is 4.42 Å². The fraction of sp³-hybridized carbons (Fsp3) is 0.235. The lowest BCUT2D eigenvalue weighted by atomic mass is 10.2. The molecule has 124 valence electrons. The van der Waals surface area contributed by atoms with E-state index in [2.05, 4.69) is 5.32 Å². The largest absolute Gasteiger partial charge is 0.463 e. The van der Waals surface area contributed by atoms with E-state index in [1.165, 1.54) is 11.8 Å². The van der Waals surface area contributed by atoms with Gasteiger partial charge in [-0.3, -0.25) is 14.4 Å². The van der Waals surface area contributed by atoms with E-state index < -0.39 is 6.04 Å². The summed E-state index contributed by atoms with van der Waals surface area (Å²) in [4.78, 5) is 36.9. The van der Waals surface area contributed by atoms with E-state index in [1.54, 1.807) is 36.6 Å². The van der Waals surface area contributed by atoms with Gasteiger partial charge < -0.3 is 15.1 Å². The standard InChI is InChI=1S/C17H17N3O4/c1-11(21)19-12-4-6-13(7-5-12)20-16(22)9-15(17(20)23)18-10-14-3-2-8-24-14/h2-8,15,18H,9-10H2,1H3,(H,19,21)/p+1/t15-/m0/s1. The SMILES string of the molecule is CC(=O)Nc1ccc(N2C(=O)C[C@H]([NH2+]Cc3ccco3)C2=O)cc1. The van der Waals surface area contributed by atoms with Crippen LogP contribution < -0.4 is 15.5 Å². The molecule has 0 saturated carbocycles. The Morgan fingerprint density at radius 3 is 2.67 bits per heavy atom. The average molecular weight is 328 g/mol. The quantitative estimate of drug-likeness (QED) is 0.787. The van der Waals surface area contributed by atoms with E-state index in [0.717, 1.165) is 5.76 Å². The number of hydrogen-bond acceptors (Lipinski definition) is 4. The van der Waals surface area contributed by atoms with Gasteiger partial charge in [-0.15, -0.1) is 0 Å². The zero-order valence-corrected chi connectivity index (χ0v) is 13.2. The molecule has 24 heavy (non-hydrogen) atoms. The first kappa shape index (κ1) is 15.9. The van der Waals surface area contributed by atoms with E-state index in [9.17, 15) is 14.4 Å². The molecule has 1 aliphatic heterocycles. The molecule has 7 nitrogen and oxygen atoms in total. The van der Waals surface area contributed by atoms with Crippen LogP contribution in [0.15, 0.2) is 47.1 Å². The molecule has 1 atom stereocenters. The number of benzene rings is 1. The maximum absolute atomic E-state index is 12.5. The lowest BCUT2D eigenvalue weighted by molar-refractivity contribution is -0.691. The minimum absolute atomic E-state index is 0.160. The highest BCUT2D eigenvalue weighted by molar-refractivity contribution is 6.21. The smallest absolute Gasteiger partial charge is 0.292 e. The Bertz CT molecular complexity index is 753. The van der Waals surface area contributed by atoms with Gasteiger partial charge in [-0.25, -0.2) is 4.90 Å². The summed E-state index contributed by atoms with van der Waals surface area (Å²) in [6, 6.07) is 9.79. The maximum atomic E-state index is 12.5. The van der Waals surface area contributed by atoms with Crippen molar-refractivity contribution in [2.75, 3.05) is 10.2 Å². The Morgan fingerprint density at radius 1 is 1.29 bits per heavy atom. The molecule has 2 aromatic rings. The molecule has 3 rings (SSSR count). The van der Waals surface area contributed by atoms with Crippen LogP contribution in [0.5, 0.6) is 0 Å². The maximum Gasteiger partial charge on any atom is 0.292 e. The molecule has 1 saturated heterocycles. The summed E-state index contributed by atoms with van der Waals surface area (Å²) in [5.74, 6) is 0.115. The third-order valence-corrected chi connectivity index (χ3v) is 3.81. The first-order valence-corrected chi connectivity index (χ1v) is 7.65. The first-order chi connectivity index (χ1) is 11.5. The van der Waals surface area contributed by atoms with Crippen molar-refractivity contribution in [3.63, 3.8) is 0 Å². The fourth-order valence-electron chi connectivity index (χ4n) is 2.70. The normalized spacial score (nSPS) is 17.4. The van der Waals surface area contributed by atoms with Crippen molar-refractivity contribution in [3.8, 4) is 0 Å². The molecule has 0 aliphatic carbocycles. The van der Waals surface area contributed by atoms with Crippen molar-refractivity contribution < 1.29 is 24.1 Å². The Labute approximate surface area is 138 Å². The summed E-state index contributed by atoms with van der Waals surface area (Å²) >= 11 is 0. The fourth-order valence-corrected chi connectivity index (χ4v) is 2.70. The second-order valence-corrected chi connectivity index (χ2v) is 5.63. The van der Waals surface area contributed by atoms with Crippen LogP contribution in [0.25, 0.3) is 0 Å². The van der Waals surface area contributed by atoms with Gasteiger partial charge in [0.1, 0.15) is 6.54 Å². The Balaban J connectivity index is 1.68. The summed E-state index contributed by atoms with van der Waals surface area (Å²) in [7, 11) is 0. The summed E-state index contributed by atoms with van der Waals surface area (Å²) in [5.41, 5.74) is 1.12. The van der Waals surface area contributed by atoms with Gasteiger partial charge in [0, 0.05) is 12.6 Å². The third-order valence-electron chi connectivity index (χ3n) is 3.81. The summed E-state index contributed by atoms with van der Waals surface area (Å²) in [5, 5.41) is 4.46. The molecule has 1 aromatic heterocycles. The van der Waals surface area contributed by atoms with Gasteiger partial charge in [-0.05, 0) is 36.4 Å². The highest BCUT2D eigenvalue weighted by atomic mass is 16.3. The number of imide groups is 1. The molecule has 0 spiro atoms. The van der Waals surface area contributed by atoms with Gasteiger partial charge in [0.25, 0.3) is 5.91 Å².